The molecule has 0 spiro atoms. The standard InChI is InChI=1S/C9H12N2.ClH/c10-8-3-1-7(2-4-8)9(11)5-6-9;/h1-4H,5-6,10-11H2;1H. The number of benzene rings is 1. The minimum Gasteiger partial charge on any atom is -0.399 e. The first kappa shape index (κ1) is 9.36. The van der Waals surface area contributed by atoms with Crippen LogP contribution >= 0.6 is 12.4 Å². The summed E-state index contributed by atoms with van der Waals surface area (Å²) < 4.78 is 0. The molecule has 4 N–H and O–H groups in total. The smallest absolute Gasteiger partial charge is 0.0411 e. The average molecular weight is 185 g/mol. The number of rotatable bonds is 1. The molecule has 0 aliphatic heterocycles. The van der Waals surface area contributed by atoms with Gasteiger partial charge in [0.2, 0.25) is 0 Å². The number of anilines is 1. The zero-order chi connectivity index (χ0) is 7.90. The first-order valence-corrected chi connectivity index (χ1v) is 3.86. The van der Waals surface area contributed by atoms with E-state index in [4.69, 9.17) is 11.5 Å². The van der Waals surface area contributed by atoms with E-state index >= 15 is 0 Å². The van der Waals surface area contributed by atoms with Crippen LogP contribution in [0.25, 0.3) is 0 Å². The van der Waals surface area contributed by atoms with E-state index in [-0.39, 0.29) is 17.9 Å². The highest BCUT2D eigenvalue weighted by atomic mass is 35.5. The molecule has 1 fully saturated rings. The van der Waals surface area contributed by atoms with Crippen LogP contribution in [0.5, 0.6) is 0 Å². The normalized spacial score (nSPS) is 18.1. The summed E-state index contributed by atoms with van der Waals surface area (Å²) in [5.41, 5.74) is 13.5. The van der Waals surface area contributed by atoms with E-state index in [2.05, 4.69) is 0 Å². The van der Waals surface area contributed by atoms with E-state index in [0.29, 0.717) is 0 Å². The quantitative estimate of drug-likeness (QED) is 0.652. The number of halogens is 1. The van der Waals surface area contributed by atoms with Crippen LogP contribution in [-0.2, 0) is 5.54 Å². The lowest BCUT2D eigenvalue weighted by Crippen LogP contribution is -2.18. The molecule has 0 amide bonds. The second-order valence-corrected chi connectivity index (χ2v) is 3.28. The topological polar surface area (TPSA) is 52.0 Å². The second-order valence-electron chi connectivity index (χ2n) is 3.28. The summed E-state index contributed by atoms with van der Waals surface area (Å²) in [6, 6.07) is 7.84. The third-order valence-corrected chi connectivity index (χ3v) is 2.27. The van der Waals surface area contributed by atoms with Crippen molar-refractivity contribution in [1.82, 2.24) is 0 Å². The first-order chi connectivity index (χ1) is 5.21. The maximum absolute atomic E-state index is 5.98. The van der Waals surface area contributed by atoms with E-state index in [1.54, 1.807) is 0 Å². The number of hydrogen-bond donors (Lipinski definition) is 2. The van der Waals surface area contributed by atoms with E-state index < -0.39 is 0 Å². The summed E-state index contributed by atoms with van der Waals surface area (Å²) >= 11 is 0. The monoisotopic (exact) mass is 184 g/mol. The number of nitrogen functional groups attached to an aromatic ring is 1. The van der Waals surface area contributed by atoms with Gasteiger partial charge in [0.1, 0.15) is 0 Å². The third kappa shape index (κ3) is 1.54. The SMILES string of the molecule is Cl.Nc1ccc(C2(N)CC2)cc1. The Balaban J connectivity index is 0.000000720. The molecule has 0 bridgehead atoms. The van der Waals surface area contributed by atoms with E-state index in [1.807, 2.05) is 24.3 Å². The van der Waals surface area contributed by atoms with E-state index in [9.17, 15) is 0 Å². The molecule has 3 heteroatoms. The van der Waals surface area contributed by atoms with E-state index in [1.165, 1.54) is 5.56 Å². The molecule has 1 aliphatic rings. The Morgan fingerprint density at radius 1 is 1.08 bits per heavy atom. The molecule has 2 nitrogen and oxygen atoms in total. The molecule has 12 heavy (non-hydrogen) atoms. The third-order valence-electron chi connectivity index (χ3n) is 2.27. The van der Waals surface area contributed by atoms with Crippen LogP contribution in [0.1, 0.15) is 18.4 Å². The fraction of sp³-hybridized carbons (Fsp3) is 0.333. The van der Waals surface area contributed by atoms with Crippen LogP contribution in [0.4, 0.5) is 5.69 Å². The van der Waals surface area contributed by atoms with Crippen molar-refractivity contribution < 1.29 is 0 Å². The van der Waals surface area contributed by atoms with Gasteiger partial charge in [0, 0.05) is 11.2 Å². The minimum absolute atomic E-state index is 0. The fourth-order valence-electron chi connectivity index (χ4n) is 1.24. The van der Waals surface area contributed by atoms with Gasteiger partial charge in [-0.25, -0.2) is 0 Å². The van der Waals surface area contributed by atoms with Crippen molar-refractivity contribution in [2.24, 2.45) is 5.73 Å². The van der Waals surface area contributed by atoms with Gasteiger partial charge < -0.3 is 11.5 Å². The van der Waals surface area contributed by atoms with Gasteiger partial charge in [0.25, 0.3) is 0 Å². The summed E-state index contributed by atoms with van der Waals surface area (Å²) in [6.45, 7) is 0. The Morgan fingerprint density at radius 2 is 1.58 bits per heavy atom. The van der Waals surface area contributed by atoms with Gasteiger partial charge in [-0.2, -0.15) is 0 Å². The maximum atomic E-state index is 5.98. The van der Waals surface area contributed by atoms with Crippen molar-refractivity contribution in [3.8, 4) is 0 Å². The Labute approximate surface area is 78.4 Å². The Bertz CT molecular complexity index is 264. The van der Waals surface area contributed by atoms with Gasteiger partial charge in [-0.05, 0) is 30.5 Å². The van der Waals surface area contributed by atoms with Crippen molar-refractivity contribution >= 4 is 18.1 Å². The molecule has 1 aromatic carbocycles. The molecule has 66 valence electrons. The highest BCUT2D eigenvalue weighted by Gasteiger charge is 2.39. The zero-order valence-electron chi connectivity index (χ0n) is 6.79. The van der Waals surface area contributed by atoms with Crippen molar-refractivity contribution in [1.29, 1.82) is 0 Å². The summed E-state index contributed by atoms with van der Waals surface area (Å²) in [5.74, 6) is 0. The molecule has 0 heterocycles. The Kier molecular flexibility index (Phi) is 2.31. The van der Waals surface area contributed by atoms with Crippen LogP contribution in [0.3, 0.4) is 0 Å². The van der Waals surface area contributed by atoms with Gasteiger partial charge in [-0.15, -0.1) is 12.4 Å². The molecule has 0 radical (unpaired) electrons. The molecule has 2 rings (SSSR count). The Hall–Kier alpha value is -0.730. The maximum Gasteiger partial charge on any atom is 0.0411 e. The number of nitrogens with two attached hydrogens (primary N) is 2. The minimum atomic E-state index is -0.0201. The van der Waals surface area contributed by atoms with Crippen LogP contribution in [-0.4, -0.2) is 0 Å². The van der Waals surface area contributed by atoms with Crippen molar-refractivity contribution in [3.63, 3.8) is 0 Å². The largest absolute Gasteiger partial charge is 0.399 e. The van der Waals surface area contributed by atoms with Crippen LogP contribution < -0.4 is 11.5 Å². The lowest BCUT2D eigenvalue weighted by Gasteiger charge is -2.07. The summed E-state index contributed by atoms with van der Waals surface area (Å²) in [6.07, 6.45) is 2.22. The fourth-order valence-corrected chi connectivity index (χ4v) is 1.24. The van der Waals surface area contributed by atoms with Gasteiger partial charge >= 0.3 is 0 Å². The van der Waals surface area contributed by atoms with Gasteiger partial charge in [-0.3, -0.25) is 0 Å². The van der Waals surface area contributed by atoms with Gasteiger partial charge in [-0.1, -0.05) is 12.1 Å². The lowest BCUT2D eigenvalue weighted by atomic mass is 10.1. The van der Waals surface area contributed by atoms with Crippen LogP contribution in [0.2, 0.25) is 0 Å². The van der Waals surface area contributed by atoms with Crippen LogP contribution in [0.15, 0.2) is 24.3 Å². The molecule has 0 unspecified atom stereocenters. The Morgan fingerprint density at radius 3 is 2.00 bits per heavy atom. The second kappa shape index (κ2) is 2.96. The summed E-state index contributed by atoms with van der Waals surface area (Å²) in [4.78, 5) is 0. The van der Waals surface area contributed by atoms with Crippen molar-refractivity contribution in [2.45, 2.75) is 18.4 Å². The molecule has 1 aromatic rings. The van der Waals surface area contributed by atoms with E-state index in [0.717, 1.165) is 18.5 Å². The van der Waals surface area contributed by atoms with Crippen LogP contribution in [0, 0.1) is 0 Å². The molecular formula is C9H13ClN2. The first-order valence-electron chi connectivity index (χ1n) is 3.86. The zero-order valence-corrected chi connectivity index (χ0v) is 7.60. The number of hydrogen-bond acceptors (Lipinski definition) is 2. The summed E-state index contributed by atoms with van der Waals surface area (Å²) in [5, 5.41) is 0. The predicted molar refractivity (Wildman–Crippen MR) is 53.2 cm³/mol. The van der Waals surface area contributed by atoms with Gasteiger partial charge in [0.15, 0.2) is 0 Å². The average Bonchev–Trinajstić information content (AvgIpc) is 2.70. The van der Waals surface area contributed by atoms with Crippen molar-refractivity contribution in [3.05, 3.63) is 29.8 Å². The highest BCUT2D eigenvalue weighted by molar-refractivity contribution is 5.85. The molecule has 1 saturated carbocycles. The molecule has 0 atom stereocenters. The van der Waals surface area contributed by atoms with Crippen molar-refractivity contribution in [2.75, 3.05) is 5.73 Å². The molecule has 0 saturated heterocycles. The van der Waals surface area contributed by atoms with Gasteiger partial charge in [0.05, 0.1) is 0 Å². The molecule has 0 aromatic heterocycles. The predicted octanol–water partition coefficient (Wildman–Crippen LogP) is 1.64. The molecule has 1 aliphatic carbocycles. The lowest BCUT2D eigenvalue weighted by molar-refractivity contribution is 0.740. The molecular weight excluding hydrogens is 172 g/mol. The summed E-state index contributed by atoms with van der Waals surface area (Å²) in [7, 11) is 0. The highest BCUT2D eigenvalue weighted by Crippen LogP contribution is 2.42.